The molecule has 2 nitrogen and oxygen atoms in total. The van der Waals surface area contributed by atoms with E-state index in [1.807, 2.05) is 0 Å². The van der Waals surface area contributed by atoms with E-state index in [0.29, 0.717) is 0 Å². The molecule has 1 unspecified atom stereocenters. The fraction of sp³-hybridized carbons (Fsp3) is 1.00. The van der Waals surface area contributed by atoms with Crippen molar-refractivity contribution in [1.82, 2.24) is 5.32 Å². The van der Waals surface area contributed by atoms with Crippen LogP contribution in [-0.4, -0.2) is 26.3 Å². The maximum atomic E-state index is 4.96. The van der Waals surface area contributed by atoms with Gasteiger partial charge in [-0.25, -0.2) is 0 Å². The summed E-state index contributed by atoms with van der Waals surface area (Å²) in [6, 6.07) is 0.741. The van der Waals surface area contributed by atoms with E-state index in [9.17, 15) is 0 Å². The third-order valence-corrected chi connectivity index (χ3v) is 1.83. The van der Waals surface area contributed by atoms with Crippen LogP contribution in [0.15, 0.2) is 0 Å². The fourth-order valence-corrected chi connectivity index (χ4v) is 1.26. The average molecular weight is 166 g/mol. The van der Waals surface area contributed by atoms with Crippen LogP contribution in [0.25, 0.3) is 0 Å². The molecule has 0 spiro atoms. The fourth-order valence-electron chi connectivity index (χ4n) is 1.26. The van der Waals surface area contributed by atoms with Crippen molar-refractivity contribution in [1.29, 1.82) is 0 Å². The summed E-state index contributed by atoms with van der Waals surface area (Å²) in [5.74, 6) is 0. The maximum absolute atomic E-state index is 4.96. The molecule has 10 heavy (non-hydrogen) atoms. The Balaban J connectivity index is 0.000000810. The SMILES string of the molecule is COCCC1CCCN1.Cl. The minimum Gasteiger partial charge on any atom is -0.385 e. The summed E-state index contributed by atoms with van der Waals surface area (Å²) in [6.07, 6.45) is 3.86. The van der Waals surface area contributed by atoms with E-state index in [4.69, 9.17) is 4.74 Å². The van der Waals surface area contributed by atoms with E-state index in [0.717, 1.165) is 12.6 Å². The molecule has 0 bridgehead atoms. The van der Waals surface area contributed by atoms with Gasteiger partial charge < -0.3 is 10.1 Å². The van der Waals surface area contributed by atoms with Gasteiger partial charge in [-0.1, -0.05) is 0 Å². The maximum Gasteiger partial charge on any atom is 0.0477 e. The molecule has 0 aliphatic carbocycles. The molecule has 0 amide bonds. The molecule has 1 aliphatic rings. The molecular formula is C7H16ClNO. The Labute approximate surface area is 68.7 Å². The molecule has 0 radical (unpaired) electrons. The van der Waals surface area contributed by atoms with Gasteiger partial charge in [0.05, 0.1) is 0 Å². The van der Waals surface area contributed by atoms with Crippen molar-refractivity contribution in [3.63, 3.8) is 0 Å². The summed E-state index contributed by atoms with van der Waals surface area (Å²) < 4.78 is 4.96. The lowest BCUT2D eigenvalue weighted by Crippen LogP contribution is -2.22. The van der Waals surface area contributed by atoms with E-state index < -0.39 is 0 Å². The van der Waals surface area contributed by atoms with Gasteiger partial charge in [-0.15, -0.1) is 12.4 Å². The van der Waals surface area contributed by atoms with Crippen molar-refractivity contribution in [3.8, 4) is 0 Å². The standard InChI is InChI=1S/C7H15NO.ClH/c1-9-6-4-7-3-2-5-8-7;/h7-8H,2-6H2,1H3;1H. The summed E-state index contributed by atoms with van der Waals surface area (Å²) in [4.78, 5) is 0. The van der Waals surface area contributed by atoms with Gasteiger partial charge in [0.2, 0.25) is 0 Å². The quantitative estimate of drug-likeness (QED) is 0.679. The highest BCUT2D eigenvalue weighted by Crippen LogP contribution is 2.07. The number of ether oxygens (including phenoxy) is 1. The van der Waals surface area contributed by atoms with Gasteiger partial charge in [-0.05, 0) is 25.8 Å². The molecule has 1 rings (SSSR count). The number of methoxy groups -OCH3 is 1. The predicted molar refractivity (Wildman–Crippen MR) is 44.8 cm³/mol. The minimum absolute atomic E-state index is 0. The molecular weight excluding hydrogens is 150 g/mol. The minimum atomic E-state index is 0. The van der Waals surface area contributed by atoms with Gasteiger partial charge in [0.15, 0.2) is 0 Å². The highest BCUT2D eigenvalue weighted by Gasteiger charge is 2.12. The Morgan fingerprint density at radius 3 is 2.90 bits per heavy atom. The van der Waals surface area contributed by atoms with Crippen LogP contribution in [0.2, 0.25) is 0 Å². The van der Waals surface area contributed by atoms with Crippen LogP contribution >= 0.6 is 12.4 Å². The van der Waals surface area contributed by atoms with Crippen molar-refractivity contribution in [2.45, 2.75) is 25.3 Å². The highest BCUT2D eigenvalue weighted by atomic mass is 35.5. The van der Waals surface area contributed by atoms with Crippen molar-refractivity contribution < 1.29 is 4.74 Å². The molecule has 0 aromatic heterocycles. The summed E-state index contributed by atoms with van der Waals surface area (Å²) in [6.45, 7) is 2.10. The third kappa shape index (κ3) is 3.40. The summed E-state index contributed by atoms with van der Waals surface area (Å²) in [5, 5.41) is 3.41. The molecule has 3 heteroatoms. The van der Waals surface area contributed by atoms with E-state index in [2.05, 4.69) is 5.32 Å². The summed E-state index contributed by atoms with van der Waals surface area (Å²) in [5.41, 5.74) is 0. The van der Waals surface area contributed by atoms with Gasteiger partial charge in [0.1, 0.15) is 0 Å². The Hall–Kier alpha value is 0.210. The second kappa shape index (κ2) is 5.96. The van der Waals surface area contributed by atoms with Crippen molar-refractivity contribution in [2.24, 2.45) is 0 Å². The zero-order valence-corrected chi connectivity index (χ0v) is 7.25. The molecule has 62 valence electrons. The lowest BCUT2D eigenvalue weighted by molar-refractivity contribution is 0.185. The normalized spacial score (nSPS) is 24.3. The molecule has 1 fully saturated rings. The first-order chi connectivity index (χ1) is 4.43. The first kappa shape index (κ1) is 10.2. The predicted octanol–water partition coefficient (Wildman–Crippen LogP) is 1.20. The van der Waals surface area contributed by atoms with Crippen LogP contribution in [0.4, 0.5) is 0 Å². The largest absolute Gasteiger partial charge is 0.385 e. The number of halogens is 1. The van der Waals surface area contributed by atoms with Crippen LogP contribution in [-0.2, 0) is 4.74 Å². The van der Waals surface area contributed by atoms with Gasteiger partial charge in [0, 0.05) is 19.8 Å². The lowest BCUT2D eigenvalue weighted by Gasteiger charge is -2.07. The summed E-state index contributed by atoms with van der Waals surface area (Å²) in [7, 11) is 1.76. The monoisotopic (exact) mass is 165 g/mol. The van der Waals surface area contributed by atoms with Gasteiger partial charge in [-0.2, -0.15) is 0 Å². The van der Waals surface area contributed by atoms with Gasteiger partial charge in [-0.3, -0.25) is 0 Å². The Morgan fingerprint density at radius 1 is 1.60 bits per heavy atom. The van der Waals surface area contributed by atoms with Crippen LogP contribution in [0.3, 0.4) is 0 Å². The first-order valence-corrected chi connectivity index (χ1v) is 3.66. The molecule has 1 atom stereocenters. The van der Waals surface area contributed by atoms with E-state index in [1.54, 1.807) is 7.11 Å². The number of hydrogen-bond donors (Lipinski definition) is 1. The van der Waals surface area contributed by atoms with Crippen LogP contribution in [0.5, 0.6) is 0 Å². The number of rotatable bonds is 3. The van der Waals surface area contributed by atoms with Crippen LogP contribution < -0.4 is 5.32 Å². The topological polar surface area (TPSA) is 21.3 Å². The smallest absolute Gasteiger partial charge is 0.0477 e. The first-order valence-electron chi connectivity index (χ1n) is 3.66. The molecule has 0 aromatic carbocycles. The van der Waals surface area contributed by atoms with Crippen LogP contribution in [0, 0.1) is 0 Å². The Morgan fingerprint density at radius 2 is 2.40 bits per heavy atom. The number of nitrogens with one attached hydrogen (secondary N) is 1. The lowest BCUT2D eigenvalue weighted by atomic mass is 10.2. The Kier molecular flexibility index (Phi) is 6.08. The molecule has 0 saturated carbocycles. The zero-order valence-electron chi connectivity index (χ0n) is 6.43. The van der Waals surface area contributed by atoms with E-state index in [1.165, 1.54) is 25.8 Å². The number of hydrogen-bond acceptors (Lipinski definition) is 2. The van der Waals surface area contributed by atoms with Crippen LogP contribution in [0.1, 0.15) is 19.3 Å². The molecule has 1 aliphatic heterocycles. The highest BCUT2D eigenvalue weighted by molar-refractivity contribution is 5.85. The Bertz CT molecular complexity index is 74.0. The molecule has 0 aromatic rings. The third-order valence-electron chi connectivity index (χ3n) is 1.83. The average Bonchev–Trinajstić information content (AvgIpc) is 2.34. The second-order valence-corrected chi connectivity index (χ2v) is 2.57. The van der Waals surface area contributed by atoms with Gasteiger partial charge >= 0.3 is 0 Å². The molecule has 1 saturated heterocycles. The molecule has 1 N–H and O–H groups in total. The molecule has 1 heterocycles. The van der Waals surface area contributed by atoms with Gasteiger partial charge in [0.25, 0.3) is 0 Å². The summed E-state index contributed by atoms with van der Waals surface area (Å²) >= 11 is 0. The van der Waals surface area contributed by atoms with Crippen molar-refractivity contribution >= 4 is 12.4 Å². The zero-order chi connectivity index (χ0) is 6.53. The van der Waals surface area contributed by atoms with E-state index >= 15 is 0 Å². The van der Waals surface area contributed by atoms with Crippen molar-refractivity contribution in [2.75, 3.05) is 20.3 Å². The van der Waals surface area contributed by atoms with E-state index in [-0.39, 0.29) is 12.4 Å². The second-order valence-electron chi connectivity index (χ2n) is 2.57. The van der Waals surface area contributed by atoms with Crippen molar-refractivity contribution in [3.05, 3.63) is 0 Å².